The third-order valence-corrected chi connectivity index (χ3v) is 6.61. The summed E-state index contributed by atoms with van der Waals surface area (Å²) < 4.78 is 18.7. The molecule has 0 fully saturated rings. The molecular formula is C33H37N3O4. The van der Waals surface area contributed by atoms with E-state index in [-0.39, 0.29) is 19.1 Å². The summed E-state index contributed by atoms with van der Waals surface area (Å²) >= 11 is 0. The molecule has 7 heteroatoms. The molecule has 1 unspecified atom stereocenters. The van der Waals surface area contributed by atoms with Crippen LogP contribution in [0, 0.1) is 11.3 Å². The Morgan fingerprint density at radius 2 is 1.62 bits per heavy atom. The molecule has 208 valence electrons. The summed E-state index contributed by atoms with van der Waals surface area (Å²) in [4.78, 5) is 12.6. The highest BCUT2D eigenvalue weighted by Gasteiger charge is 2.27. The van der Waals surface area contributed by atoms with E-state index >= 15 is 0 Å². The van der Waals surface area contributed by atoms with Gasteiger partial charge in [-0.3, -0.25) is 10.2 Å². The Balaban J connectivity index is 1.29. The molecule has 4 aromatic rings. The maximum atomic E-state index is 12.6. The van der Waals surface area contributed by atoms with Crippen LogP contribution in [-0.2, 0) is 33.7 Å². The molecule has 0 bridgehead atoms. The minimum absolute atomic E-state index is 0.0981. The van der Waals surface area contributed by atoms with E-state index in [1.807, 2.05) is 71.7 Å². The number of nitrogens with one attached hydrogen (secondary N) is 1. The highest BCUT2D eigenvalue weighted by Crippen LogP contribution is 2.19. The monoisotopic (exact) mass is 539 g/mol. The Labute approximate surface area is 236 Å². The van der Waals surface area contributed by atoms with Crippen LogP contribution in [0.25, 0.3) is 5.69 Å². The van der Waals surface area contributed by atoms with Gasteiger partial charge >= 0.3 is 5.97 Å². The van der Waals surface area contributed by atoms with Gasteiger partial charge in [0.25, 0.3) is 0 Å². The van der Waals surface area contributed by atoms with Gasteiger partial charge in [0.2, 0.25) is 0 Å². The Kier molecular flexibility index (Phi) is 10.1. The second-order valence-corrected chi connectivity index (χ2v) is 9.93. The quantitative estimate of drug-likeness (QED) is 0.119. The Morgan fingerprint density at radius 3 is 2.30 bits per heavy atom. The van der Waals surface area contributed by atoms with Gasteiger partial charge in [-0.05, 0) is 65.8 Å². The summed E-state index contributed by atoms with van der Waals surface area (Å²) in [6.45, 7) is 7.11. The second-order valence-electron chi connectivity index (χ2n) is 9.93. The molecule has 7 nitrogen and oxygen atoms in total. The van der Waals surface area contributed by atoms with Crippen molar-refractivity contribution in [1.82, 2.24) is 9.78 Å². The van der Waals surface area contributed by atoms with Crippen molar-refractivity contribution < 1.29 is 19.0 Å². The Bertz CT molecular complexity index is 1360. The molecule has 0 radical (unpaired) electrons. The topological polar surface area (TPSA) is 86.4 Å². The number of rotatable bonds is 13. The number of nitrogens with zero attached hydrogens (tertiary/aromatic N) is 2. The van der Waals surface area contributed by atoms with Crippen molar-refractivity contribution in [3.63, 3.8) is 0 Å². The molecule has 0 amide bonds. The lowest BCUT2D eigenvalue weighted by molar-refractivity contribution is -0.146. The van der Waals surface area contributed by atoms with Crippen molar-refractivity contribution >= 4 is 11.9 Å². The zero-order chi connectivity index (χ0) is 28.3. The lowest BCUT2D eigenvalue weighted by Gasteiger charge is -2.17. The van der Waals surface area contributed by atoms with Crippen molar-refractivity contribution in [3.05, 3.63) is 114 Å². The van der Waals surface area contributed by atoms with E-state index in [0.717, 1.165) is 34.5 Å². The van der Waals surface area contributed by atoms with Gasteiger partial charge in [0.05, 0.1) is 25.1 Å². The number of aromatic nitrogens is 2. The molecule has 0 saturated heterocycles. The standard InChI is InChI=1S/C33H37N3O4/c1-4-38-33(37)31(32(34)40-23-26-8-6-5-7-9-26)20-25-10-16-30(17-11-25)39-19-18-27-21-35-36(22-27)29-14-12-28(13-15-29)24(2)3/h5-17,21-22,24,31,34H,4,18-20,23H2,1-3H3. The molecule has 0 aliphatic heterocycles. The number of carbonyl (C=O) groups is 1. The predicted molar refractivity (Wildman–Crippen MR) is 156 cm³/mol. The van der Waals surface area contributed by atoms with E-state index in [1.165, 1.54) is 5.56 Å². The highest BCUT2D eigenvalue weighted by atomic mass is 16.5. The fourth-order valence-electron chi connectivity index (χ4n) is 4.25. The molecule has 1 heterocycles. The zero-order valence-corrected chi connectivity index (χ0v) is 23.4. The molecule has 1 atom stereocenters. The lowest BCUT2D eigenvalue weighted by atomic mass is 9.99. The number of ether oxygens (including phenoxy) is 3. The number of hydrogen-bond acceptors (Lipinski definition) is 6. The van der Waals surface area contributed by atoms with Crippen molar-refractivity contribution in [2.75, 3.05) is 13.2 Å². The predicted octanol–water partition coefficient (Wildman–Crippen LogP) is 6.53. The maximum Gasteiger partial charge on any atom is 0.318 e. The van der Waals surface area contributed by atoms with Crippen LogP contribution in [0.1, 0.15) is 48.9 Å². The summed E-state index contributed by atoms with van der Waals surface area (Å²) in [5, 5.41) is 12.9. The van der Waals surface area contributed by atoms with Crippen LogP contribution in [0.15, 0.2) is 91.3 Å². The van der Waals surface area contributed by atoms with E-state index in [9.17, 15) is 4.79 Å². The molecule has 0 aliphatic rings. The van der Waals surface area contributed by atoms with E-state index in [1.54, 1.807) is 6.92 Å². The van der Waals surface area contributed by atoms with Gasteiger partial charge in [0, 0.05) is 12.6 Å². The smallest absolute Gasteiger partial charge is 0.318 e. The molecule has 0 aliphatic carbocycles. The van der Waals surface area contributed by atoms with Crippen LogP contribution in [0.5, 0.6) is 5.75 Å². The highest BCUT2D eigenvalue weighted by molar-refractivity contribution is 5.96. The second kappa shape index (κ2) is 14.1. The average molecular weight is 540 g/mol. The molecule has 1 N–H and O–H groups in total. The third-order valence-electron chi connectivity index (χ3n) is 6.61. The Morgan fingerprint density at radius 1 is 0.900 bits per heavy atom. The van der Waals surface area contributed by atoms with Crippen LogP contribution < -0.4 is 4.74 Å². The number of hydrogen-bond donors (Lipinski definition) is 1. The van der Waals surface area contributed by atoms with E-state index in [0.29, 0.717) is 18.9 Å². The fourth-order valence-corrected chi connectivity index (χ4v) is 4.25. The van der Waals surface area contributed by atoms with Crippen LogP contribution in [0.3, 0.4) is 0 Å². The molecule has 3 aromatic carbocycles. The summed E-state index contributed by atoms with van der Waals surface area (Å²) in [5.41, 5.74) is 5.26. The van der Waals surface area contributed by atoms with Crippen molar-refractivity contribution in [3.8, 4) is 11.4 Å². The van der Waals surface area contributed by atoms with E-state index in [2.05, 4.69) is 43.2 Å². The SMILES string of the molecule is CCOC(=O)C(Cc1ccc(OCCc2cnn(-c3ccc(C(C)C)cc3)c2)cc1)C(=N)OCc1ccccc1. The first kappa shape index (κ1) is 28.6. The molecule has 0 spiro atoms. The first-order valence-electron chi connectivity index (χ1n) is 13.7. The molecule has 40 heavy (non-hydrogen) atoms. The Hall–Kier alpha value is -4.39. The summed E-state index contributed by atoms with van der Waals surface area (Å²) in [5.74, 6) is -0.131. The molecule has 4 rings (SSSR count). The minimum Gasteiger partial charge on any atom is -0.493 e. The van der Waals surface area contributed by atoms with E-state index < -0.39 is 11.9 Å². The first-order valence-corrected chi connectivity index (χ1v) is 13.7. The zero-order valence-electron chi connectivity index (χ0n) is 23.4. The molecule has 0 saturated carbocycles. The molecular weight excluding hydrogens is 502 g/mol. The van der Waals surface area contributed by atoms with Crippen molar-refractivity contribution in [2.45, 2.75) is 46.1 Å². The van der Waals surface area contributed by atoms with Crippen molar-refractivity contribution in [1.29, 1.82) is 5.41 Å². The van der Waals surface area contributed by atoms with Gasteiger partial charge in [0.15, 0.2) is 5.90 Å². The first-order chi connectivity index (χ1) is 19.4. The number of benzene rings is 3. The van der Waals surface area contributed by atoms with Gasteiger partial charge in [-0.2, -0.15) is 5.10 Å². The maximum absolute atomic E-state index is 12.6. The van der Waals surface area contributed by atoms with E-state index in [4.69, 9.17) is 19.6 Å². The van der Waals surface area contributed by atoms with Crippen LogP contribution in [-0.4, -0.2) is 34.9 Å². The number of carbonyl (C=O) groups excluding carboxylic acids is 1. The lowest BCUT2D eigenvalue weighted by Crippen LogP contribution is -2.29. The van der Waals surface area contributed by atoms with Gasteiger partial charge in [-0.1, -0.05) is 68.4 Å². The largest absolute Gasteiger partial charge is 0.493 e. The number of esters is 1. The van der Waals surface area contributed by atoms with Gasteiger partial charge < -0.3 is 14.2 Å². The fraction of sp³-hybridized carbons (Fsp3) is 0.303. The molecule has 1 aromatic heterocycles. The van der Waals surface area contributed by atoms with Crippen molar-refractivity contribution in [2.24, 2.45) is 5.92 Å². The van der Waals surface area contributed by atoms with Crippen LogP contribution >= 0.6 is 0 Å². The third kappa shape index (κ3) is 8.06. The van der Waals surface area contributed by atoms with Crippen LogP contribution in [0.4, 0.5) is 0 Å². The van der Waals surface area contributed by atoms with Gasteiger partial charge in [-0.15, -0.1) is 0 Å². The minimum atomic E-state index is -0.812. The normalized spacial score (nSPS) is 11.7. The summed E-state index contributed by atoms with van der Waals surface area (Å²) in [6.07, 6.45) is 4.94. The van der Waals surface area contributed by atoms with Gasteiger partial charge in [0.1, 0.15) is 18.3 Å². The van der Waals surface area contributed by atoms with Gasteiger partial charge in [-0.25, -0.2) is 4.68 Å². The summed E-state index contributed by atoms with van der Waals surface area (Å²) in [6, 6.07) is 25.6. The van der Waals surface area contributed by atoms with Crippen LogP contribution in [0.2, 0.25) is 0 Å². The summed E-state index contributed by atoms with van der Waals surface area (Å²) in [7, 11) is 0. The average Bonchev–Trinajstić information content (AvgIpc) is 3.45.